The minimum atomic E-state index is -1.06. The summed E-state index contributed by atoms with van der Waals surface area (Å²) in [6.45, 7) is 1.99. The maximum absolute atomic E-state index is 12.8. The Kier molecular flexibility index (Phi) is 4.80. The molecule has 0 aliphatic rings. The minimum absolute atomic E-state index is 0.0785. The van der Waals surface area contributed by atoms with Crippen LogP contribution >= 0.6 is 0 Å². The van der Waals surface area contributed by atoms with E-state index in [1.807, 2.05) is 43.3 Å². The highest BCUT2D eigenvalue weighted by Gasteiger charge is 2.14. The number of carboxylic acid groups (broad SMARTS) is 1. The van der Waals surface area contributed by atoms with E-state index in [1.165, 1.54) is 18.2 Å². The molecule has 0 aliphatic heterocycles. The Bertz CT molecular complexity index is 998. The normalized spacial score (nSPS) is 11.2. The highest BCUT2D eigenvalue weighted by atomic mass is 16.4. The molecular formula is C21H18O4. The van der Waals surface area contributed by atoms with Gasteiger partial charge in [-0.15, -0.1) is 0 Å². The lowest BCUT2D eigenvalue weighted by molar-refractivity contribution is 0.0697. The van der Waals surface area contributed by atoms with Crippen molar-refractivity contribution in [1.29, 1.82) is 0 Å². The lowest BCUT2D eigenvalue weighted by Gasteiger charge is -2.07. The van der Waals surface area contributed by atoms with E-state index in [2.05, 4.69) is 0 Å². The first-order chi connectivity index (χ1) is 12.1. The van der Waals surface area contributed by atoms with Crippen LogP contribution in [0.25, 0.3) is 23.1 Å². The van der Waals surface area contributed by atoms with Gasteiger partial charge in [-0.2, -0.15) is 0 Å². The van der Waals surface area contributed by atoms with E-state index < -0.39 is 5.97 Å². The van der Waals surface area contributed by atoms with Crippen molar-refractivity contribution in [3.05, 3.63) is 81.2 Å². The zero-order chi connectivity index (χ0) is 17.8. The monoisotopic (exact) mass is 334 g/mol. The molecule has 0 fully saturated rings. The molecule has 0 atom stereocenters. The maximum atomic E-state index is 12.8. The van der Waals surface area contributed by atoms with Crippen LogP contribution in [0.4, 0.5) is 0 Å². The molecular weight excluding hydrogens is 316 g/mol. The Morgan fingerprint density at radius 1 is 1.12 bits per heavy atom. The average Bonchev–Trinajstić information content (AvgIpc) is 2.63. The number of hydrogen-bond donors (Lipinski definition) is 1. The van der Waals surface area contributed by atoms with Crippen LogP contribution in [0, 0.1) is 0 Å². The second kappa shape index (κ2) is 7.18. The van der Waals surface area contributed by atoms with Crippen molar-refractivity contribution in [1.82, 2.24) is 0 Å². The summed E-state index contributed by atoms with van der Waals surface area (Å²) in [4.78, 5) is 24.0. The van der Waals surface area contributed by atoms with Crippen LogP contribution in [0.3, 0.4) is 0 Å². The van der Waals surface area contributed by atoms with Crippen molar-refractivity contribution < 1.29 is 14.3 Å². The molecule has 1 aromatic heterocycles. The van der Waals surface area contributed by atoms with Gasteiger partial charge in [0, 0.05) is 5.56 Å². The van der Waals surface area contributed by atoms with E-state index in [0.717, 1.165) is 12.0 Å². The molecule has 0 aliphatic carbocycles. The van der Waals surface area contributed by atoms with Crippen LogP contribution in [0.1, 0.15) is 40.6 Å². The van der Waals surface area contributed by atoms with Gasteiger partial charge in [0.15, 0.2) is 5.43 Å². The topological polar surface area (TPSA) is 67.5 Å². The summed E-state index contributed by atoms with van der Waals surface area (Å²) >= 11 is 0. The molecule has 4 heteroatoms. The van der Waals surface area contributed by atoms with Crippen molar-refractivity contribution >= 4 is 29.1 Å². The van der Waals surface area contributed by atoms with Gasteiger partial charge in [0.25, 0.3) is 0 Å². The average molecular weight is 334 g/mol. The first kappa shape index (κ1) is 16.7. The lowest BCUT2D eigenvalue weighted by atomic mass is 10.0. The standard InChI is InChI=1S/C21H18O4/c1-2-6-16-18(11-9-14-7-4-3-5-8-14)25-19-12-10-15(21(23)24)13-17(19)20(16)22/h3-5,7-13H,2,6H2,1H3,(H,23,24). The molecule has 1 N–H and O–H groups in total. The van der Waals surface area contributed by atoms with E-state index in [0.29, 0.717) is 28.7 Å². The smallest absolute Gasteiger partial charge is 0.335 e. The molecule has 4 nitrogen and oxygen atoms in total. The Morgan fingerprint density at radius 2 is 1.88 bits per heavy atom. The Labute approximate surface area is 145 Å². The number of carboxylic acids is 1. The van der Waals surface area contributed by atoms with Gasteiger partial charge in [0.1, 0.15) is 11.3 Å². The van der Waals surface area contributed by atoms with Gasteiger partial charge >= 0.3 is 5.97 Å². The molecule has 25 heavy (non-hydrogen) atoms. The van der Waals surface area contributed by atoms with Crippen LogP contribution in [-0.2, 0) is 6.42 Å². The summed E-state index contributed by atoms with van der Waals surface area (Å²) < 4.78 is 5.90. The third kappa shape index (κ3) is 3.53. The van der Waals surface area contributed by atoms with Crippen LogP contribution in [0.15, 0.2) is 57.7 Å². The molecule has 126 valence electrons. The van der Waals surface area contributed by atoms with E-state index in [-0.39, 0.29) is 11.0 Å². The second-order valence-electron chi connectivity index (χ2n) is 5.78. The highest BCUT2D eigenvalue weighted by molar-refractivity contribution is 5.93. The number of fused-ring (bicyclic) bond motifs is 1. The first-order valence-electron chi connectivity index (χ1n) is 8.16. The molecule has 0 spiro atoms. The summed E-state index contributed by atoms with van der Waals surface area (Å²) in [5, 5.41) is 9.43. The summed E-state index contributed by atoms with van der Waals surface area (Å²) in [6, 6.07) is 14.1. The molecule has 0 unspecified atom stereocenters. The second-order valence-corrected chi connectivity index (χ2v) is 5.78. The van der Waals surface area contributed by atoms with Crippen LogP contribution < -0.4 is 5.43 Å². The summed E-state index contributed by atoms with van der Waals surface area (Å²) in [6.07, 6.45) is 5.06. The van der Waals surface area contributed by atoms with Crippen molar-refractivity contribution in [3.63, 3.8) is 0 Å². The summed E-state index contributed by atoms with van der Waals surface area (Å²) in [5.74, 6) is -0.544. The van der Waals surface area contributed by atoms with Crippen LogP contribution in [-0.4, -0.2) is 11.1 Å². The van der Waals surface area contributed by atoms with Gasteiger partial charge in [-0.3, -0.25) is 4.79 Å². The molecule has 3 aromatic rings. The summed E-state index contributed by atoms with van der Waals surface area (Å²) in [7, 11) is 0. The molecule has 0 amide bonds. The van der Waals surface area contributed by atoms with Gasteiger partial charge < -0.3 is 9.52 Å². The number of benzene rings is 2. The van der Waals surface area contributed by atoms with Crippen molar-refractivity contribution in [2.45, 2.75) is 19.8 Å². The first-order valence-corrected chi connectivity index (χ1v) is 8.16. The molecule has 2 aromatic carbocycles. The Morgan fingerprint density at radius 3 is 2.56 bits per heavy atom. The van der Waals surface area contributed by atoms with E-state index in [4.69, 9.17) is 9.52 Å². The number of carbonyl (C=O) groups is 1. The van der Waals surface area contributed by atoms with Gasteiger partial charge in [0.2, 0.25) is 0 Å². The summed E-state index contributed by atoms with van der Waals surface area (Å²) in [5.41, 5.74) is 1.88. The molecule has 3 rings (SSSR count). The zero-order valence-electron chi connectivity index (χ0n) is 13.9. The third-order valence-electron chi connectivity index (χ3n) is 3.99. The fourth-order valence-corrected chi connectivity index (χ4v) is 2.74. The van der Waals surface area contributed by atoms with Gasteiger partial charge in [-0.05, 0) is 36.3 Å². The highest BCUT2D eigenvalue weighted by Crippen LogP contribution is 2.20. The van der Waals surface area contributed by atoms with Crippen molar-refractivity contribution in [2.75, 3.05) is 0 Å². The third-order valence-corrected chi connectivity index (χ3v) is 3.99. The van der Waals surface area contributed by atoms with Gasteiger partial charge in [0.05, 0.1) is 10.9 Å². The Balaban J connectivity index is 2.16. The van der Waals surface area contributed by atoms with Crippen LogP contribution in [0.5, 0.6) is 0 Å². The number of rotatable bonds is 5. The fourth-order valence-electron chi connectivity index (χ4n) is 2.74. The molecule has 0 saturated heterocycles. The fraction of sp³-hybridized carbons (Fsp3) is 0.143. The maximum Gasteiger partial charge on any atom is 0.335 e. The molecule has 0 saturated carbocycles. The predicted octanol–water partition coefficient (Wildman–Crippen LogP) is 4.61. The zero-order valence-corrected chi connectivity index (χ0v) is 13.9. The largest absolute Gasteiger partial charge is 0.478 e. The SMILES string of the molecule is CCCc1c(C=Cc2ccccc2)oc2ccc(C(=O)O)cc2c1=O. The van der Waals surface area contributed by atoms with Crippen molar-refractivity contribution in [2.24, 2.45) is 0 Å². The lowest BCUT2D eigenvalue weighted by Crippen LogP contribution is -2.12. The predicted molar refractivity (Wildman–Crippen MR) is 98.8 cm³/mol. The van der Waals surface area contributed by atoms with Gasteiger partial charge in [-0.25, -0.2) is 4.79 Å². The number of aromatic carboxylic acids is 1. The van der Waals surface area contributed by atoms with Crippen molar-refractivity contribution in [3.8, 4) is 0 Å². The molecule has 1 heterocycles. The Hall–Kier alpha value is -3.14. The van der Waals surface area contributed by atoms with E-state index >= 15 is 0 Å². The molecule has 0 bridgehead atoms. The quantitative estimate of drug-likeness (QED) is 0.739. The number of hydrogen-bond acceptors (Lipinski definition) is 3. The van der Waals surface area contributed by atoms with Gasteiger partial charge in [-0.1, -0.05) is 49.8 Å². The van der Waals surface area contributed by atoms with Crippen LogP contribution in [0.2, 0.25) is 0 Å². The minimum Gasteiger partial charge on any atom is -0.478 e. The molecule has 0 radical (unpaired) electrons. The van der Waals surface area contributed by atoms with E-state index in [1.54, 1.807) is 6.08 Å². The van der Waals surface area contributed by atoms with E-state index in [9.17, 15) is 9.59 Å².